The molecule has 10 heavy (non-hydrogen) atoms. The van der Waals surface area contributed by atoms with E-state index in [0.29, 0.717) is 6.42 Å². The average molecular weight is 141 g/mol. The van der Waals surface area contributed by atoms with Gasteiger partial charge in [-0.1, -0.05) is 5.92 Å². The predicted molar refractivity (Wildman–Crippen MR) is 42.5 cm³/mol. The summed E-state index contributed by atoms with van der Waals surface area (Å²) in [6, 6.07) is -0.199. The minimum absolute atomic E-state index is 0.199. The quantitative estimate of drug-likeness (QED) is 0.589. The summed E-state index contributed by atoms with van der Waals surface area (Å²) in [5, 5.41) is 0. The molecule has 0 heterocycles. The zero-order valence-corrected chi connectivity index (χ0v) is 6.85. The van der Waals surface area contributed by atoms with E-state index in [4.69, 9.17) is 16.9 Å². The van der Waals surface area contributed by atoms with Gasteiger partial charge in [0.1, 0.15) is 0 Å². The molecule has 0 amide bonds. The predicted octanol–water partition coefficient (Wildman–Crippen LogP) is 0.762. The van der Waals surface area contributed by atoms with Crippen LogP contribution in [0, 0.1) is 12.3 Å². The summed E-state index contributed by atoms with van der Waals surface area (Å²) in [5.41, 5.74) is 5.32. The van der Waals surface area contributed by atoms with Gasteiger partial charge in [-0.25, -0.2) is 0 Å². The fourth-order valence-corrected chi connectivity index (χ4v) is 0.672. The fraction of sp³-hybridized carbons (Fsp3) is 0.750. The summed E-state index contributed by atoms with van der Waals surface area (Å²) < 4.78 is 5.13. The Morgan fingerprint density at radius 3 is 2.50 bits per heavy atom. The molecular formula is C8H15NO. The summed E-state index contributed by atoms with van der Waals surface area (Å²) in [5.74, 6) is 2.45. The Labute approximate surface area is 62.7 Å². The summed E-state index contributed by atoms with van der Waals surface area (Å²) in [6.45, 7) is 3.92. The van der Waals surface area contributed by atoms with Gasteiger partial charge in [0, 0.05) is 13.5 Å². The summed E-state index contributed by atoms with van der Waals surface area (Å²) >= 11 is 0. The molecule has 0 spiro atoms. The first kappa shape index (κ1) is 9.48. The molecule has 0 aromatic heterocycles. The first-order chi connectivity index (χ1) is 4.52. The Balaban J connectivity index is 3.79. The molecule has 0 aliphatic carbocycles. The van der Waals surface area contributed by atoms with Gasteiger partial charge in [0.05, 0.1) is 11.6 Å². The maximum atomic E-state index is 5.52. The summed E-state index contributed by atoms with van der Waals surface area (Å²) in [6.07, 6.45) is 5.80. The van der Waals surface area contributed by atoms with E-state index in [-0.39, 0.29) is 11.6 Å². The maximum Gasteiger partial charge on any atom is 0.0689 e. The zero-order chi connectivity index (χ0) is 8.20. The molecule has 0 aromatic rings. The molecule has 1 atom stereocenters. The van der Waals surface area contributed by atoms with Crippen molar-refractivity contribution in [3.05, 3.63) is 0 Å². The van der Waals surface area contributed by atoms with E-state index in [9.17, 15) is 0 Å². The topological polar surface area (TPSA) is 35.2 Å². The van der Waals surface area contributed by atoms with E-state index in [1.807, 2.05) is 13.8 Å². The molecule has 2 heteroatoms. The highest BCUT2D eigenvalue weighted by Crippen LogP contribution is 2.13. The lowest BCUT2D eigenvalue weighted by Gasteiger charge is -2.23. The Kier molecular flexibility index (Phi) is 3.41. The molecule has 1 unspecified atom stereocenters. The lowest BCUT2D eigenvalue weighted by Crippen LogP contribution is -2.32. The lowest BCUT2D eigenvalue weighted by atomic mass is 10.00. The number of terminal acetylenes is 1. The van der Waals surface area contributed by atoms with Gasteiger partial charge in [-0.2, -0.15) is 0 Å². The van der Waals surface area contributed by atoms with Crippen molar-refractivity contribution in [3.8, 4) is 12.3 Å². The van der Waals surface area contributed by atoms with E-state index in [1.54, 1.807) is 7.11 Å². The molecule has 0 aliphatic heterocycles. The van der Waals surface area contributed by atoms with Crippen LogP contribution >= 0.6 is 0 Å². The van der Waals surface area contributed by atoms with Gasteiger partial charge < -0.3 is 10.5 Å². The minimum Gasteiger partial charge on any atom is -0.379 e. The zero-order valence-electron chi connectivity index (χ0n) is 6.85. The van der Waals surface area contributed by atoms with Crippen LogP contribution in [-0.2, 0) is 4.74 Å². The second-order valence-corrected chi connectivity index (χ2v) is 2.94. The molecule has 2 nitrogen and oxygen atoms in total. The van der Waals surface area contributed by atoms with Crippen molar-refractivity contribution in [2.75, 3.05) is 7.11 Å². The van der Waals surface area contributed by atoms with Crippen LogP contribution in [0.4, 0.5) is 0 Å². The van der Waals surface area contributed by atoms with Gasteiger partial charge in [0.2, 0.25) is 0 Å². The van der Waals surface area contributed by atoms with E-state index < -0.39 is 0 Å². The van der Waals surface area contributed by atoms with Crippen molar-refractivity contribution in [2.45, 2.75) is 31.9 Å². The number of methoxy groups -OCH3 is 1. The third kappa shape index (κ3) is 3.49. The lowest BCUT2D eigenvalue weighted by molar-refractivity contribution is 0.0138. The average Bonchev–Trinajstić information content (AvgIpc) is 1.87. The third-order valence-corrected chi connectivity index (χ3v) is 1.48. The van der Waals surface area contributed by atoms with Crippen LogP contribution in [0.25, 0.3) is 0 Å². The number of nitrogens with two attached hydrogens (primary N) is 1. The molecule has 0 aromatic carbocycles. The normalized spacial score (nSPS) is 14.3. The highest BCUT2D eigenvalue weighted by Gasteiger charge is 2.18. The van der Waals surface area contributed by atoms with Crippen LogP contribution < -0.4 is 5.73 Å². The number of rotatable bonds is 3. The van der Waals surface area contributed by atoms with Gasteiger partial charge in [0.25, 0.3) is 0 Å². The minimum atomic E-state index is -0.203. The highest BCUT2D eigenvalue weighted by atomic mass is 16.5. The molecule has 2 N–H and O–H groups in total. The van der Waals surface area contributed by atoms with Crippen molar-refractivity contribution in [1.29, 1.82) is 0 Å². The smallest absolute Gasteiger partial charge is 0.0689 e. The Morgan fingerprint density at radius 1 is 1.70 bits per heavy atom. The first-order valence-electron chi connectivity index (χ1n) is 3.28. The second kappa shape index (κ2) is 3.60. The van der Waals surface area contributed by atoms with Crippen molar-refractivity contribution in [3.63, 3.8) is 0 Å². The largest absolute Gasteiger partial charge is 0.379 e. The van der Waals surface area contributed by atoms with E-state index in [1.165, 1.54) is 0 Å². The Bertz CT molecular complexity index is 135. The van der Waals surface area contributed by atoms with E-state index in [0.717, 1.165) is 0 Å². The monoisotopic (exact) mass is 141 g/mol. The van der Waals surface area contributed by atoms with Gasteiger partial charge in [0.15, 0.2) is 0 Å². The van der Waals surface area contributed by atoms with Crippen molar-refractivity contribution in [2.24, 2.45) is 5.73 Å². The van der Waals surface area contributed by atoms with Gasteiger partial charge in [-0.05, 0) is 13.8 Å². The third-order valence-electron chi connectivity index (χ3n) is 1.48. The SMILES string of the molecule is C#CC(N)CC(C)(C)OC. The van der Waals surface area contributed by atoms with Crippen LogP contribution in [0.3, 0.4) is 0 Å². The summed E-state index contributed by atoms with van der Waals surface area (Å²) in [7, 11) is 1.66. The molecule has 0 bridgehead atoms. The van der Waals surface area contributed by atoms with Gasteiger partial charge in [-0.3, -0.25) is 0 Å². The molecule has 0 fully saturated rings. The maximum absolute atomic E-state index is 5.52. The summed E-state index contributed by atoms with van der Waals surface area (Å²) in [4.78, 5) is 0. The molecular weight excluding hydrogens is 126 g/mol. The fourth-order valence-electron chi connectivity index (χ4n) is 0.672. The standard InChI is InChI=1S/C8H15NO/c1-5-7(9)6-8(2,3)10-4/h1,7H,6,9H2,2-4H3. The van der Waals surface area contributed by atoms with E-state index in [2.05, 4.69) is 5.92 Å². The Hall–Kier alpha value is -0.520. The van der Waals surface area contributed by atoms with Crippen LogP contribution in [0.2, 0.25) is 0 Å². The van der Waals surface area contributed by atoms with E-state index >= 15 is 0 Å². The molecule has 0 saturated carbocycles. The van der Waals surface area contributed by atoms with Crippen LogP contribution in [0.5, 0.6) is 0 Å². The first-order valence-corrected chi connectivity index (χ1v) is 3.28. The highest BCUT2D eigenvalue weighted by molar-refractivity contribution is 4.99. The molecule has 0 saturated heterocycles. The number of hydrogen-bond donors (Lipinski definition) is 1. The molecule has 58 valence electrons. The van der Waals surface area contributed by atoms with Gasteiger partial charge >= 0.3 is 0 Å². The molecule has 0 aliphatic rings. The Morgan fingerprint density at radius 2 is 2.20 bits per heavy atom. The van der Waals surface area contributed by atoms with Crippen molar-refractivity contribution >= 4 is 0 Å². The van der Waals surface area contributed by atoms with Crippen LogP contribution in [0.1, 0.15) is 20.3 Å². The van der Waals surface area contributed by atoms with Crippen LogP contribution in [0.15, 0.2) is 0 Å². The number of hydrogen-bond acceptors (Lipinski definition) is 2. The van der Waals surface area contributed by atoms with Crippen molar-refractivity contribution in [1.82, 2.24) is 0 Å². The van der Waals surface area contributed by atoms with Crippen LogP contribution in [-0.4, -0.2) is 18.8 Å². The van der Waals surface area contributed by atoms with Gasteiger partial charge in [-0.15, -0.1) is 6.42 Å². The molecule has 0 rings (SSSR count). The molecule has 0 radical (unpaired) electrons. The second-order valence-electron chi connectivity index (χ2n) is 2.94. The van der Waals surface area contributed by atoms with Crippen molar-refractivity contribution < 1.29 is 4.74 Å². The number of ether oxygens (including phenoxy) is 1.